The van der Waals surface area contributed by atoms with E-state index in [9.17, 15) is 30.3 Å². The first-order valence-electron chi connectivity index (χ1n) is 8.68. The normalized spacial score (nSPS) is 10.1. The smallest absolute Gasteiger partial charge is 0.269 e. The van der Waals surface area contributed by atoms with Gasteiger partial charge in [0.1, 0.15) is 0 Å². The third-order valence-electron chi connectivity index (χ3n) is 3.98. The van der Waals surface area contributed by atoms with Gasteiger partial charge in [-0.3, -0.25) is 30.3 Å². The molecule has 0 bridgehead atoms. The molecule has 0 amide bonds. The van der Waals surface area contributed by atoms with Crippen molar-refractivity contribution in [1.82, 2.24) is 0 Å². The summed E-state index contributed by atoms with van der Waals surface area (Å²) in [4.78, 5) is 35.3. The van der Waals surface area contributed by atoms with Crippen molar-refractivity contribution in [3.63, 3.8) is 0 Å². The summed E-state index contributed by atoms with van der Waals surface area (Å²) in [5.74, 6) is 0.191. The maximum absolute atomic E-state index is 10.8. The number of nitrogens with zero attached hydrogens (tertiary/aromatic N) is 4. The Morgan fingerprint density at radius 3 is 1.23 bits per heavy atom. The number of guanidine groups is 1. The third kappa shape index (κ3) is 5.57. The molecule has 0 aliphatic carbocycles. The first-order chi connectivity index (χ1) is 14.8. The van der Waals surface area contributed by atoms with Crippen LogP contribution in [0.15, 0.2) is 77.8 Å². The molecule has 0 saturated carbocycles. The molecule has 0 spiro atoms. The zero-order chi connectivity index (χ0) is 22.4. The van der Waals surface area contributed by atoms with Gasteiger partial charge in [-0.15, -0.1) is 0 Å². The van der Waals surface area contributed by atoms with E-state index in [-0.39, 0.29) is 23.0 Å². The molecule has 0 atom stereocenters. The molecule has 0 aliphatic heterocycles. The first kappa shape index (κ1) is 20.9. The van der Waals surface area contributed by atoms with Crippen LogP contribution in [0, 0.1) is 30.3 Å². The van der Waals surface area contributed by atoms with Crippen molar-refractivity contribution in [2.75, 3.05) is 10.6 Å². The molecule has 12 nitrogen and oxygen atoms in total. The van der Waals surface area contributed by atoms with E-state index in [0.717, 1.165) is 0 Å². The Bertz CT molecular complexity index is 1080. The summed E-state index contributed by atoms with van der Waals surface area (Å²) < 4.78 is 0. The number of rotatable bonds is 6. The number of nitro benzene ring substituents is 3. The number of aliphatic imine (C=N–C) groups is 1. The number of nitro groups is 3. The average Bonchev–Trinajstić information content (AvgIpc) is 2.75. The van der Waals surface area contributed by atoms with Crippen LogP contribution in [0.4, 0.5) is 34.1 Å². The highest BCUT2D eigenvalue weighted by Gasteiger charge is 2.09. The topological polar surface area (TPSA) is 166 Å². The highest BCUT2D eigenvalue weighted by atomic mass is 16.6. The molecule has 0 unspecified atom stereocenters. The van der Waals surface area contributed by atoms with E-state index in [4.69, 9.17) is 0 Å². The van der Waals surface area contributed by atoms with Crippen LogP contribution in [-0.2, 0) is 0 Å². The number of benzene rings is 3. The van der Waals surface area contributed by atoms with Gasteiger partial charge in [0.25, 0.3) is 17.1 Å². The number of hydrogen-bond acceptors (Lipinski definition) is 7. The number of nitrogens with one attached hydrogen (secondary N) is 2. The van der Waals surface area contributed by atoms with E-state index >= 15 is 0 Å². The van der Waals surface area contributed by atoms with Gasteiger partial charge >= 0.3 is 0 Å². The van der Waals surface area contributed by atoms with E-state index < -0.39 is 14.8 Å². The zero-order valence-corrected chi connectivity index (χ0v) is 15.7. The van der Waals surface area contributed by atoms with Crippen LogP contribution < -0.4 is 10.6 Å². The molecule has 0 heterocycles. The molecule has 12 heteroatoms. The lowest BCUT2D eigenvalue weighted by Gasteiger charge is -2.12. The fourth-order valence-electron chi connectivity index (χ4n) is 2.47. The van der Waals surface area contributed by atoms with Gasteiger partial charge in [0.15, 0.2) is 0 Å². The van der Waals surface area contributed by atoms with Crippen molar-refractivity contribution < 1.29 is 14.8 Å². The lowest BCUT2D eigenvalue weighted by molar-refractivity contribution is -0.385. The van der Waals surface area contributed by atoms with E-state index in [1.807, 2.05) is 0 Å². The van der Waals surface area contributed by atoms with Gasteiger partial charge in [0.05, 0.1) is 20.5 Å². The molecule has 0 aromatic heterocycles. The quantitative estimate of drug-likeness (QED) is 0.251. The maximum Gasteiger partial charge on any atom is 0.269 e. The molecule has 2 N–H and O–H groups in total. The van der Waals surface area contributed by atoms with Gasteiger partial charge < -0.3 is 10.6 Å². The van der Waals surface area contributed by atoms with Gasteiger partial charge in [-0.05, 0) is 36.4 Å². The minimum Gasteiger partial charge on any atom is -0.326 e. The number of non-ortho nitro benzene ring substituents is 3. The van der Waals surface area contributed by atoms with Crippen molar-refractivity contribution in [2.24, 2.45) is 4.99 Å². The van der Waals surface area contributed by atoms with E-state index in [0.29, 0.717) is 17.1 Å². The molecular formula is C19H14N6O6. The highest BCUT2D eigenvalue weighted by molar-refractivity contribution is 6.04. The Morgan fingerprint density at radius 2 is 0.903 bits per heavy atom. The van der Waals surface area contributed by atoms with Crippen LogP contribution in [0.2, 0.25) is 0 Å². The average molecular weight is 422 g/mol. The summed E-state index contributed by atoms with van der Waals surface area (Å²) in [5.41, 5.74) is 1.11. The fraction of sp³-hybridized carbons (Fsp3) is 0. The zero-order valence-electron chi connectivity index (χ0n) is 15.7. The van der Waals surface area contributed by atoms with Gasteiger partial charge in [0, 0.05) is 47.8 Å². The minimum absolute atomic E-state index is 0.0808. The van der Waals surface area contributed by atoms with Crippen LogP contribution >= 0.6 is 0 Å². The Kier molecular flexibility index (Phi) is 6.11. The summed E-state index contributed by atoms with van der Waals surface area (Å²) >= 11 is 0. The van der Waals surface area contributed by atoms with Crippen LogP contribution in [0.3, 0.4) is 0 Å². The van der Waals surface area contributed by atoms with Crippen molar-refractivity contribution in [1.29, 1.82) is 0 Å². The first-order valence-corrected chi connectivity index (χ1v) is 8.68. The Hall–Kier alpha value is -4.87. The monoisotopic (exact) mass is 422 g/mol. The second kappa shape index (κ2) is 9.09. The lowest BCUT2D eigenvalue weighted by Crippen LogP contribution is -2.21. The van der Waals surface area contributed by atoms with E-state index in [1.165, 1.54) is 72.8 Å². The predicted molar refractivity (Wildman–Crippen MR) is 114 cm³/mol. The molecule has 0 radical (unpaired) electrons. The van der Waals surface area contributed by atoms with E-state index in [1.54, 1.807) is 0 Å². The molecule has 31 heavy (non-hydrogen) atoms. The summed E-state index contributed by atoms with van der Waals surface area (Å²) in [6.07, 6.45) is 0. The molecule has 0 saturated heterocycles. The van der Waals surface area contributed by atoms with Gasteiger partial charge in [-0.25, -0.2) is 4.99 Å². The van der Waals surface area contributed by atoms with Gasteiger partial charge in [-0.2, -0.15) is 0 Å². The molecule has 0 fully saturated rings. The van der Waals surface area contributed by atoms with Gasteiger partial charge in [-0.1, -0.05) is 0 Å². The molecule has 156 valence electrons. The second-order valence-electron chi connectivity index (χ2n) is 6.09. The highest BCUT2D eigenvalue weighted by Crippen LogP contribution is 2.21. The van der Waals surface area contributed by atoms with Crippen molar-refractivity contribution in [3.8, 4) is 0 Å². The predicted octanol–water partition coefficient (Wildman–Crippen LogP) is 4.62. The molecule has 0 aliphatic rings. The van der Waals surface area contributed by atoms with Crippen LogP contribution in [0.1, 0.15) is 0 Å². The van der Waals surface area contributed by atoms with E-state index in [2.05, 4.69) is 15.6 Å². The minimum atomic E-state index is -0.529. The van der Waals surface area contributed by atoms with Crippen molar-refractivity contribution in [2.45, 2.75) is 0 Å². The molecule has 3 rings (SSSR count). The van der Waals surface area contributed by atoms with Crippen molar-refractivity contribution >= 4 is 40.1 Å². The summed E-state index contributed by atoms with van der Waals surface area (Å²) in [7, 11) is 0. The summed E-state index contributed by atoms with van der Waals surface area (Å²) in [6.45, 7) is 0. The molecule has 3 aromatic carbocycles. The Balaban J connectivity index is 1.89. The lowest BCUT2D eigenvalue weighted by atomic mass is 10.2. The number of anilines is 2. The Labute approximate surface area is 174 Å². The molecular weight excluding hydrogens is 408 g/mol. The number of hydrogen-bond donors (Lipinski definition) is 2. The second-order valence-corrected chi connectivity index (χ2v) is 6.09. The summed E-state index contributed by atoms with van der Waals surface area (Å²) in [6, 6.07) is 16.7. The van der Waals surface area contributed by atoms with Crippen LogP contribution in [-0.4, -0.2) is 20.7 Å². The van der Waals surface area contributed by atoms with Crippen LogP contribution in [0.5, 0.6) is 0 Å². The largest absolute Gasteiger partial charge is 0.326 e. The van der Waals surface area contributed by atoms with Gasteiger partial charge in [0.2, 0.25) is 5.96 Å². The van der Waals surface area contributed by atoms with Crippen LogP contribution in [0.25, 0.3) is 0 Å². The van der Waals surface area contributed by atoms with Crippen molar-refractivity contribution in [3.05, 3.63) is 103 Å². The fourth-order valence-corrected chi connectivity index (χ4v) is 2.47. The standard InChI is InChI=1S/C19H14N6O6/c26-23(27)16-7-1-13(2-8-16)20-19(21-14-3-9-17(10-4-14)24(28)29)22-15-5-11-18(12-6-15)25(30)31/h1-12H,(H2,20,21,22). The summed E-state index contributed by atoms with van der Waals surface area (Å²) in [5, 5.41) is 38.4. The SMILES string of the molecule is O=[N+]([O-])c1ccc(N=C(Nc2ccc([N+](=O)[O-])cc2)Nc2ccc([N+](=O)[O-])cc2)cc1. The maximum atomic E-state index is 10.8. The third-order valence-corrected chi connectivity index (χ3v) is 3.98. The molecule has 3 aromatic rings. The Morgan fingerprint density at radius 1 is 0.581 bits per heavy atom.